The van der Waals surface area contributed by atoms with Gasteiger partial charge in [0.05, 0.1) is 15.9 Å². The Kier molecular flexibility index (Phi) is 5.31. The van der Waals surface area contributed by atoms with Crippen LogP contribution in [0.4, 0.5) is 23.1 Å². The third-order valence-electron chi connectivity index (χ3n) is 5.56. The maximum atomic E-state index is 12.8. The molecule has 2 aromatic carbocycles. The molecule has 0 fully saturated rings. The average Bonchev–Trinajstić information content (AvgIpc) is 3.22. The second kappa shape index (κ2) is 8.15. The first-order valence-electron chi connectivity index (χ1n) is 10.4. The van der Waals surface area contributed by atoms with Gasteiger partial charge in [-0.1, -0.05) is 18.2 Å². The van der Waals surface area contributed by atoms with Gasteiger partial charge >= 0.3 is 0 Å². The van der Waals surface area contributed by atoms with E-state index in [-0.39, 0.29) is 0 Å². The van der Waals surface area contributed by atoms with Gasteiger partial charge in [-0.15, -0.1) is 11.3 Å². The zero-order chi connectivity index (χ0) is 22.3. The monoisotopic (exact) mass is 462 g/mol. The van der Waals surface area contributed by atoms with E-state index in [9.17, 15) is 9.36 Å². The number of aromatic nitrogens is 2. The zero-order valence-corrected chi connectivity index (χ0v) is 19.6. The number of hydrogen-bond acceptors (Lipinski definition) is 7. The van der Waals surface area contributed by atoms with E-state index < -0.39 is 7.14 Å². The molecule has 2 N–H and O–H groups in total. The normalized spacial score (nSPS) is 13.8. The molecule has 6 nitrogen and oxygen atoms in total. The Morgan fingerprint density at radius 1 is 0.969 bits per heavy atom. The Hall–Kier alpha value is -3.02. The lowest BCUT2D eigenvalue weighted by Gasteiger charge is -2.17. The highest BCUT2D eigenvalue weighted by molar-refractivity contribution is 7.70. The van der Waals surface area contributed by atoms with Crippen LogP contribution in [-0.2, 0) is 22.2 Å². The molecule has 0 aliphatic heterocycles. The maximum absolute atomic E-state index is 12.8. The molecule has 0 unspecified atom stereocenters. The SMILES string of the molecule is CP(C)(=O)c1ccccc1Nc1nc(Nc2ccc3c(c2)CCC(=O)C3)nc2ccsc12. The summed E-state index contributed by atoms with van der Waals surface area (Å²) in [6.07, 6.45) is 1.88. The van der Waals surface area contributed by atoms with E-state index in [2.05, 4.69) is 21.7 Å². The van der Waals surface area contributed by atoms with E-state index in [4.69, 9.17) is 4.98 Å². The Bertz CT molecular complexity index is 1390. The molecule has 8 heteroatoms. The summed E-state index contributed by atoms with van der Waals surface area (Å²) in [5, 5.41) is 9.50. The van der Waals surface area contributed by atoms with Crippen molar-refractivity contribution in [3.63, 3.8) is 0 Å². The summed E-state index contributed by atoms with van der Waals surface area (Å²) in [6.45, 7) is 3.54. The van der Waals surface area contributed by atoms with Crippen molar-refractivity contribution in [3.8, 4) is 0 Å². The molecule has 2 heterocycles. The Labute approximate surface area is 190 Å². The van der Waals surface area contributed by atoms with Crippen molar-refractivity contribution in [2.24, 2.45) is 0 Å². The van der Waals surface area contributed by atoms with Gasteiger partial charge in [-0.3, -0.25) is 4.79 Å². The van der Waals surface area contributed by atoms with Gasteiger partial charge in [0.1, 0.15) is 12.9 Å². The molecule has 0 saturated carbocycles. The predicted octanol–water partition coefficient (Wildman–Crippen LogP) is 5.48. The molecule has 0 saturated heterocycles. The molecule has 0 spiro atoms. The van der Waals surface area contributed by atoms with Gasteiger partial charge < -0.3 is 15.2 Å². The van der Waals surface area contributed by atoms with E-state index >= 15 is 0 Å². The lowest BCUT2D eigenvalue weighted by molar-refractivity contribution is -0.118. The quantitative estimate of drug-likeness (QED) is 0.382. The van der Waals surface area contributed by atoms with Gasteiger partial charge in [-0.25, -0.2) is 4.98 Å². The number of thiophene rings is 1. The van der Waals surface area contributed by atoms with Crippen molar-refractivity contribution < 1.29 is 9.36 Å². The number of anilines is 4. The molecule has 0 bridgehead atoms. The van der Waals surface area contributed by atoms with Crippen LogP contribution in [0.1, 0.15) is 17.5 Å². The molecular weight excluding hydrogens is 439 g/mol. The van der Waals surface area contributed by atoms with E-state index in [1.807, 2.05) is 47.8 Å². The van der Waals surface area contributed by atoms with Crippen LogP contribution in [0.25, 0.3) is 10.2 Å². The molecule has 5 rings (SSSR count). The van der Waals surface area contributed by atoms with Gasteiger partial charge in [-0.2, -0.15) is 4.98 Å². The van der Waals surface area contributed by atoms with Crippen molar-refractivity contribution in [2.45, 2.75) is 19.3 Å². The predicted molar refractivity (Wildman–Crippen MR) is 133 cm³/mol. The van der Waals surface area contributed by atoms with Crippen LogP contribution in [0, 0.1) is 0 Å². The number of carbonyl (C=O) groups is 1. The summed E-state index contributed by atoms with van der Waals surface area (Å²) in [5.74, 6) is 1.46. The van der Waals surface area contributed by atoms with Gasteiger partial charge in [0.15, 0.2) is 5.82 Å². The Balaban J connectivity index is 1.50. The van der Waals surface area contributed by atoms with Crippen LogP contribution in [0.3, 0.4) is 0 Å². The molecule has 4 aromatic rings. The van der Waals surface area contributed by atoms with E-state index in [1.165, 1.54) is 5.56 Å². The summed E-state index contributed by atoms with van der Waals surface area (Å²) in [7, 11) is -2.46. The molecule has 162 valence electrons. The highest BCUT2D eigenvalue weighted by Crippen LogP contribution is 2.39. The molecule has 32 heavy (non-hydrogen) atoms. The van der Waals surface area contributed by atoms with Crippen LogP contribution >= 0.6 is 18.5 Å². The molecule has 0 amide bonds. The number of hydrogen-bond donors (Lipinski definition) is 2. The van der Waals surface area contributed by atoms with Crippen LogP contribution in [0.15, 0.2) is 53.9 Å². The van der Waals surface area contributed by atoms with Crippen molar-refractivity contribution in [1.29, 1.82) is 0 Å². The van der Waals surface area contributed by atoms with E-state index in [0.29, 0.717) is 30.4 Å². The number of nitrogens with zero attached hydrogens (tertiary/aromatic N) is 2. The second-order valence-electron chi connectivity index (χ2n) is 8.35. The highest BCUT2D eigenvalue weighted by Gasteiger charge is 2.19. The molecule has 1 aliphatic rings. The van der Waals surface area contributed by atoms with Crippen LogP contribution in [-0.4, -0.2) is 29.1 Å². The molecular formula is C24H23N4O2PS. The van der Waals surface area contributed by atoms with Crippen LogP contribution in [0.2, 0.25) is 0 Å². The largest absolute Gasteiger partial charge is 0.338 e. The van der Waals surface area contributed by atoms with Crippen LogP contribution in [0.5, 0.6) is 0 Å². The fourth-order valence-electron chi connectivity index (χ4n) is 3.99. The number of benzene rings is 2. The van der Waals surface area contributed by atoms with Crippen molar-refractivity contribution in [1.82, 2.24) is 9.97 Å². The van der Waals surface area contributed by atoms with Crippen molar-refractivity contribution in [2.75, 3.05) is 24.0 Å². The molecule has 0 atom stereocenters. The minimum atomic E-state index is -2.46. The van der Waals surface area contributed by atoms with Gasteiger partial charge in [0.25, 0.3) is 0 Å². The minimum Gasteiger partial charge on any atom is -0.338 e. The van der Waals surface area contributed by atoms with Crippen LogP contribution < -0.4 is 15.9 Å². The third-order valence-corrected chi connectivity index (χ3v) is 8.02. The smallest absolute Gasteiger partial charge is 0.229 e. The number of rotatable bonds is 5. The van der Waals surface area contributed by atoms with E-state index in [0.717, 1.165) is 38.9 Å². The number of nitrogens with one attached hydrogen (secondary N) is 2. The summed E-state index contributed by atoms with van der Waals surface area (Å²) in [6, 6.07) is 15.7. The van der Waals surface area contributed by atoms with Gasteiger partial charge in [0, 0.05) is 23.8 Å². The standard InChI is InChI=1S/C24H23N4O2PS/c1-31(2,30)21-6-4-3-5-19(21)26-23-22-20(11-12-32-22)27-24(28-23)25-17-9-7-16-14-18(29)10-8-15(16)13-17/h3-7,9,11-13H,8,10,14H2,1-2H3,(H2,25,26,27,28). The maximum Gasteiger partial charge on any atom is 0.229 e. The van der Waals surface area contributed by atoms with Crippen molar-refractivity contribution >= 4 is 62.9 Å². The number of aryl methyl sites for hydroxylation is 1. The first-order chi connectivity index (χ1) is 15.4. The molecule has 1 aliphatic carbocycles. The van der Waals surface area contributed by atoms with Gasteiger partial charge in [-0.05, 0) is 66.6 Å². The Morgan fingerprint density at radius 3 is 2.66 bits per heavy atom. The Morgan fingerprint density at radius 2 is 1.81 bits per heavy atom. The highest BCUT2D eigenvalue weighted by atomic mass is 32.1. The second-order valence-corrected chi connectivity index (χ2v) is 12.4. The number of fused-ring (bicyclic) bond motifs is 2. The molecule has 2 aromatic heterocycles. The fourth-order valence-corrected chi connectivity index (χ4v) is 5.92. The topological polar surface area (TPSA) is 84.0 Å². The van der Waals surface area contributed by atoms with Gasteiger partial charge in [0.2, 0.25) is 5.95 Å². The third kappa shape index (κ3) is 4.18. The lowest BCUT2D eigenvalue weighted by Crippen LogP contribution is -2.13. The zero-order valence-electron chi connectivity index (χ0n) is 17.9. The summed E-state index contributed by atoms with van der Waals surface area (Å²) < 4.78 is 13.7. The summed E-state index contributed by atoms with van der Waals surface area (Å²) in [5.41, 5.74) is 4.82. The number of ketones is 1. The van der Waals surface area contributed by atoms with E-state index in [1.54, 1.807) is 24.7 Å². The number of Topliss-reactive ketones (excluding diaryl/α,β-unsaturated/α-hetero) is 1. The van der Waals surface area contributed by atoms with Crippen molar-refractivity contribution in [3.05, 3.63) is 65.0 Å². The average molecular weight is 463 g/mol. The first-order valence-corrected chi connectivity index (χ1v) is 13.9. The number of carbonyl (C=O) groups excluding carboxylic acids is 1. The number of para-hydroxylation sites is 1. The first kappa shape index (κ1) is 20.9. The summed E-state index contributed by atoms with van der Waals surface area (Å²) in [4.78, 5) is 21.1. The fraction of sp³-hybridized carbons (Fsp3) is 0.208. The minimum absolute atomic E-state index is 0.296. The lowest BCUT2D eigenvalue weighted by atomic mass is 9.90. The molecule has 0 radical (unpaired) electrons. The summed E-state index contributed by atoms with van der Waals surface area (Å²) >= 11 is 1.56.